The summed E-state index contributed by atoms with van der Waals surface area (Å²) in [4.78, 5) is 2.48. The smallest absolute Gasteiger partial charge is 0.143 e. The van der Waals surface area contributed by atoms with Gasteiger partial charge in [0.05, 0.1) is 11.1 Å². The van der Waals surface area contributed by atoms with Gasteiger partial charge in [0.25, 0.3) is 0 Å². The number of furan rings is 1. The van der Waals surface area contributed by atoms with E-state index < -0.39 is 5.41 Å². The van der Waals surface area contributed by atoms with Gasteiger partial charge < -0.3 is 9.32 Å². The number of rotatable bonds is 6. The van der Waals surface area contributed by atoms with Crippen molar-refractivity contribution in [2.75, 3.05) is 4.90 Å². The normalized spacial score (nSPS) is 12.9. The number of anilines is 3. The van der Waals surface area contributed by atoms with Crippen molar-refractivity contribution in [3.63, 3.8) is 0 Å². The Hall–Kier alpha value is -8.72. The van der Waals surface area contributed by atoms with E-state index >= 15 is 0 Å². The third-order valence-electron chi connectivity index (χ3n) is 14.5. The molecule has 0 fully saturated rings. The van der Waals surface area contributed by atoms with Gasteiger partial charge in [-0.25, -0.2) is 0 Å². The summed E-state index contributed by atoms with van der Waals surface area (Å²) in [5.41, 5.74) is 21.9. The van der Waals surface area contributed by atoms with Crippen LogP contribution in [0.4, 0.5) is 17.1 Å². The SMILES string of the molecule is c1ccc(-c2ccc(-c3cc4oc5c6ccccc6ccc5c4cc3N(c3ccc(-c4ccccc4)cc3)c3ccc4c(c3)C3(c5ccccc5-c5ccccc53)c3ccccc3-4)cc2)cc1. The lowest BCUT2D eigenvalue weighted by atomic mass is 9.70. The molecule has 1 spiro atoms. The van der Waals surface area contributed by atoms with Crippen LogP contribution in [-0.4, -0.2) is 0 Å². The fourth-order valence-electron chi connectivity index (χ4n) is 11.5. The monoisotopic (exact) mass is 851 g/mol. The van der Waals surface area contributed by atoms with E-state index in [1.807, 2.05) is 0 Å². The largest absolute Gasteiger partial charge is 0.455 e. The van der Waals surface area contributed by atoms with Crippen molar-refractivity contribution in [1.29, 1.82) is 0 Å². The molecular weight excluding hydrogens is 811 g/mol. The molecule has 2 aliphatic rings. The molecule has 2 heteroatoms. The predicted molar refractivity (Wildman–Crippen MR) is 279 cm³/mol. The molecule has 2 aliphatic carbocycles. The molecule has 0 radical (unpaired) electrons. The molecule has 1 heterocycles. The highest BCUT2D eigenvalue weighted by Crippen LogP contribution is 2.63. The van der Waals surface area contributed by atoms with E-state index in [-0.39, 0.29) is 0 Å². The van der Waals surface area contributed by atoms with E-state index in [0.717, 1.165) is 60.9 Å². The Morgan fingerprint density at radius 2 is 0.791 bits per heavy atom. The highest BCUT2D eigenvalue weighted by Gasteiger charge is 2.51. The van der Waals surface area contributed by atoms with Crippen LogP contribution in [0.2, 0.25) is 0 Å². The predicted octanol–water partition coefficient (Wildman–Crippen LogP) is 17.6. The summed E-state index contributed by atoms with van der Waals surface area (Å²) < 4.78 is 6.94. The molecule has 14 rings (SSSR count). The molecule has 12 aromatic rings. The lowest BCUT2D eigenvalue weighted by molar-refractivity contribution is 0.673. The minimum absolute atomic E-state index is 0.486. The molecule has 0 unspecified atom stereocenters. The van der Waals surface area contributed by atoms with Crippen molar-refractivity contribution < 1.29 is 4.42 Å². The van der Waals surface area contributed by atoms with E-state index in [9.17, 15) is 0 Å². The Labute approximate surface area is 389 Å². The van der Waals surface area contributed by atoms with Crippen molar-refractivity contribution in [3.8, 4) is 55.6 Å². The van der Waals surface area contributed by atoms with Gasteiger partial charge in [-0.3, -0.25) is 0 Å². The van der Waals surface area contributed by atoms with Crippen LogP contribution in [0.15, 0.2) is 253 Å². The minimum atomic E-state index is -0.486. The Bertz CT molecular complexity index is 3840. The van der Waals surface area contributed by atoms with Crippen LogP contribution in [0, 0.1) is 0 Å². The number of hydrogen-bond donors (Lipinski definition) is 0. The van der Waals surface area contributed by atoms with E-state index in [2.05, 4.69) is 254 Å². The van der Waals surface area contributed by atoms with Gasteiger partial charge in [0, 0.05) is 33.1 Å². The molecule has 0 saturated carbocycles. The van der Waals surface area contributed by atoms with Crippen LogP contribution in [0.1, 0.15) is 22.3 Å². The highest BCUT2D eigenvalue weighted by atomic mass is 16.3. The average Bonchev–Trinajstić information content (AvgIpc) is 4.03. The average molecular weight is 852 g/mol. The fourth-order valence-corrected chi connectivity index (χ4v) is 11.5. The zero-order valence-corrected chi connectivity index (χ0v) is 36.5. The van der Waals surface area contributed by atoms with Gasteiger partial charge in [0.2, 0.25) is 0 Å². The number of fused-ring (bicyclic) bond motifs is 15. The van der Waals surface area contributed by atoms with Gasteiger partial charge in [-0.1, -0.05) is 206 Å². The number of nitrogens with zero attached hydrogens (tertiary/aromatic N) is 1. The van der Waals surface area contributed by atoms with E-state index in [0.29, 0.717) is 0 Å². The van der Waals surface area contributed by atoms with Gasteiger partial charge >= 0.3 is 0 Å². The molecule has 0 saturated heterocycles. The van der Waals surface area contributed by atoms with Gasteiger partial charge in [-0.05, 0) is 120 Å². The van der Waals surface area contributed by atoms with Crippen LogP contribution >= 0.6 is 0 Å². The maximum atomic E-state index is 6.94. The van der Waals surface area contributed by atoms with Crippen LogP contribution in [0.3, 0.4) is 0 Å². The Morgan fingerprint density at radius 3 is 1.42 bits per heavy atom. The van der Waals surface area contributed by atoms with Crippen LogP contribution in [0.5, 0.6) is 0 Å². The van der Waals surface area contributed by atoms with E-state index in [1.165, 1.54) is 66.8 Å². The highest BCUT2D eigenvalue weighted by molar-refractivity contribution is 6.17. The van der Waals surface area contributed by atoms with Crippen molar-refractivity contribution in [1.82, 2.24) is 0 Å². The van der Waals surface area contributed by atoms with Crippen molar-refractivity contribution in [3.05, 3.63) is 271 Å². The molecular formula is C65H41NO. The molecule has 0 atom stereocenters. The Balaban J connectivity index is 1.05. The second-order valence-corrected chi connectivity index (χ2v) is 17.9. The van der Waals surface area contributed by atoms with Crippen LogP contribution < -0.4 is 4.90 Å². The van der Waals surface area contributed by atoms with Crippen LogP contribution in [0.25, 0.3) is 88.3 Å². The number of hydrogen-bond acceptors (Lipinski definition) is 2. The van der Waals surface area contributed by atoms with Crippen molar-refractivity contribution >= 4 is 49.8 Å². The van der Waals surface area contributed by atoms with Crippen molar-refractivity contribution in [2.24, 2.45) is 0 Å². The molecule has 0 N–H and O–H groups in total. The summed E-state index contributed by atoms with van der Waals surface area (Å²) in [5.74, 6) is 0. The maximum Gasteiger partial charge on any atom is 0.143 e. The molecule has 11 aromatic carbocycles. The third-order valence-corrected chi connectivity index (χ3v) is 14.5. The topological polar surface area (TPSA) is 16.4 Å². The molecule has 2 nitrogen and oxygen atoms in total. The molecule has 0 amide bonds. The zero-order valence-electron chi connectivity index (χ0n) is 36.5. The molecule has 0 aliphatic heterocycles. The second kappa shape index (κ2) is 14.7. The van der Waals surface area contributed by atoms with Crippen LogP contribution in [-0.2, 0) is 5.41 Å². The zero-order chi connectivity index (χ0) is 44.1. The Kier molecular flexibility index (Phi) is 8.23. The summed E-state index contributed by atoms with van der Waals surface area (Å²) in [5, 5.41) is 4.45. The first kappa shape index (κ1) is 37.6. The molecule has 312 valence electrons. The first-order valence-electron chi connectivity index (χ1n) is 23.2. The summed E-state index contributed by atoms with van der Waals surface area (Å²) in [7, 11) is 0. The molecule has 67 heavy (non-hydrogen) atoms. The van der Waals surface area contributed by atoms with Gasteiger partial charge in [-0.2, -0.15) is 0 Å². The van der Waals surface area contributed by atoms with E-state index in [1.54, 1.807) is 0 Å². The molecule has 0 bridgehead atoms. The standard InChI is InChI=1S/C65H41NO/c1-3-15-42(16-4-1)44-27-29-47(30-28-44)56-41-63-57(55-37-33-46-19-7-8-20-50(46)64(55)67-63)40-62(56)66(48-34-31-45(32-35-48)43-17-5-2-6-18-43)49-36-38-54-53-23-11-14-26-60(53)65(61(54)39-49)58-24-12-9-21-51(58)52-22-10-13-25-59(52)65/h1-41H. The fraction of sp³-hybridized carbons (Fsp3) is 0.0154. The van der Waals surface area contributed by atoms with Gasteiger partial charge in [0.15, 0.2) is 0 Å². The Morgan fingerprint density at radius 1 is 0.299 bits per heavy atom. The minimum Gasteiger partial charge on any atom is -0.455 e. The molecule has 1 aromatic heterocycles. The number of benzene rings is 11. The van der Waals surface area contributed by atoms with Gasteiger partial charge in [-0.15, -0.1) is 0 Å². The van der Waals surface area contributed by atoms with E-state index in [4.69, 9.17) is 4.42 Å². The summed E-state index contributed by atoms with van der Waals surface area (Å²) >= 11 is 0. The third kappa shape index (κ3) is 5.57. The van der Waals surface area contributed by atoms with Gasteiger partial charge in [0.1, 0.15) is 11.2 Å². The first-order chi connectivity index (χ1) is 33.2. The first-order valence-corrected chi connectivity index (χ1v) is 23.2. The summed E-state index contributed by atoms with van der Waals surface area (Å²) in [6.07, 6.45) is 0. The second-order valence-electron chi connectivity index (χ2n) is 17.9. The van der Waals surface area contributed by atoms with Crippen molar-refractivity contribution in [2.45, 2.75) is 5.41 Å². The summed E-state index contributed by atoms with van der Waals surface area (Å²) in [6, 6.07) is 91.4. The maximum absolute atomic E-state index is 6.94. The lowest BCUT2D eigenvalue weighted by Gasteiger charge is -2.33. The summed E-state index contributed by atoms with van der Waals surface area (Å²) in [6.45, 7) is 0. The lowest BCUT2D eigenvalue weighted by Crippen LogP contribution is -2.26. The quantitative estimate of drug-likeness (QED) is 0.166.